The summed E-state index contributed by atoms with van der Waals surface area (Å²) in [4.78, 5) is 25.3. The molecule has 4 nitrogen and oxygen atoms in total. The maximum absolute atomic E-state index is 13.7. The van der Waals surface area contributed by atoms with Crippen LogP contribution in [0, 0.1) is 5.82 Å². The number of likely N-dealkylation sites (N-methyl/N-ethyl adjacent to an activating group) is 1. The van der Waals surface area contributed by atoms with Gasteiger partial charge in [-0.05, 0) is 19.4 Å². The van der Waals surface area contributed by atoms with Crippen LogP contribution in [-0.2, 0) is 16.1 Å². The summed E-state index contributed by atoms with van der Waals surface area (Å²) in [6.45, 7) is 3.64. The van der Waals surface area contributed by atoms with E-state index in [1.807, 2.05) is 6.92 Å². The van der Waals surface area contributed by atoms with Crippen molar-refractivity contribution in [3.05, 3.63) is 35.6 Å². The molecule has 0 aliphatic heterocycles. The molecule has 0 aliphatic rings. The van der Waals surface area contributed by atoms with Gasteiger partial charge in [-0.2, -0.15) is 0 Å². The van der Waals surface area contributed by atoms with Gasteiger partial charge in [-0.15, -0.1) is 0 Å². The number of carbonyl (C=O) groups is 2. The molecule has 0 heterocycles. The van der Waals surface area contributed by atoms with Crippen LogP contribution in [0.25, 0.3) is 0 Å². The highest BCUT2D eigenvalue weighted by Gasteiger charge is 2.25. The van der Waals surface area contributed by atoms with Crippen molar-refractivity contribution in [2.45, 2.75) is 39.3 Å². The molecule has 1 aromatic carbocycles. The van der Waals surface area contributed by atoms with Crippen molar-refractivity contribution >= 4 is 11.8 Å². The van der Waals surface area contributed by atoms with Gasteiger partial charge in [0.1, 0.15) is 11.9 Å². The summed E-state index contributed by atoms with van der Waals surface area (Å²) < 4.78 is 13.7. The monoisotopic (exact) mass is 280 g/mol. The van der Waals surface area contributed by atoms with Gasteiger partial charge in [0.2, 0.25) is 11.8 Å². The highest BCUT2D eigenvalue weighted by atomic mass is 19.1. The predicted molar refractivity (Wildman–Crippen MR) is 75.4 cm³/mol. The fraction of sp³-hybridized carbons (Fsp3) is 0.467. The van der Waals surface area contributed by atoms with Gasteiger partial charge in [0.15, 0.2) is 0 Å². The van der Waals surface area contributed by atoms with E-state index in [4.69, 9.17) is 0 Å². The number of nitrogens with zero attached hydrogens (tertiary/aromatic N) is 1. The SMILES string of the molecule is CCCC(=O)N(Cc1ccccc1F)[C@H](C)C(=O)NC. The van der Waals surface area contributed by atoms with Gasteiger partial charge in [-0.25, -0.2) is 4.39 Å². The van der Waals surface area contributed by atoms with Crippen LogP contribution in [0.4, 0.5) is 4.39 Å². The molecule has 0 unspecified atom stereocenters. The Morgan fingerprint density at radius 1 is 1.35 bits per heavy atom. The van der Waals surface area contributed by atoms with Crippen LogP contribution < -0.4 is 5.32 Å². The Kier molecular flexibility index (Phi) is 6.15. The van der Waals surface area contributed by atoms with Gasteiger partial charge in [-0.3, -0.25) is 9.59 Å². The van der Waals surface area contributed by atoms with E-state index in [1.165, 1.54) is 18.0 Å². The Morgan fingerprint density at radius 3 is 2.55 bits per heavy atom. The Bertz CT molecular complexity index is 477. The van der Waals surface area contributed by atoms with Crippen molar-refractivity contribution in [2.75, 3.05) is 7.05 Å². The minimum absolute atomic E-state index is 0.0973. The average molecular weight is 280 g/mol. The largest absolute Gasteiger partial charge is 0.357 e. The summed E-state index contributed by atoms with van der Waals surface area (Å²) >= 11 is 0. The zero-order valence-electron chi connectivity index (χ0n) is 12.1. The highest BCUT2D eigenvalue weighted by molar-refractivity contribution is 5.87. The number of halogens is 1. The van der Waals surface area contributed by atoms with Crippen molar-refractivity contribution in [3.63, 3.8) is 0 Å². The Labute approximate surface area is 119 Å². The average Bonchev–Trinajstić information content (AvgIpc) is 2.45. The van der Waals surface area contributed by atoms with Gasteiger partial charge in [-0.1, -0.05) is 25.1 Å². The summed E-state index contributed by atoms with van der Waals surface area (Å²) in [5.74, 6) is -0.774. The number of amides is 2. The molecular formula is C15H21FN2O2. The molecule has 1 atom stereocenters. The molecule has 0 fully saturated rings. The molecule has 0 bridgehead atoms. The molecule has 0 spiro atoms. The lowest BCUT2D eigenvalue weighted by molar-refractivity contribution is -0.140. The molecule has 0 aliphatic carbocycles. The smallest absolute Gasteiger partial charge is 0.242 e. The second kappa shape index (κ2) is 7.62. The van der Waals surface area contributed by atoms with E-state index >= 15 is 0 Å². The molecule has 1 aromatic rings. The molecule has 0 aromatic heterocycles. The van der Waals surface area contributed by atoms with Gasteiger partial charge in [0.05, 0.1) is 0 Å². The van der Waals surface area contributed by atoms with E-state index in [2.05, 4.69) is 5.32 Å². The Morgan fingerprint density at radius 2 is 2.00 bits per heavy atom. The number of carbonyl (C=O) groups excluding carboxylic acids is 2. The van der Waals surface area contributed by atoms with E-state index in [9.17, 15) is 14.0 Å². The van der Waals surface area contributed by atoms with E-state index < -0.39 is 6.04 Å². The molecule has 1 N–H and O–H groups in total. The van der Waals surface area contributed by atoms with Crippen LogP contribution in [-0.4, -0.2) is 29.8 Å². The summed E-state index contributed by atoms with van der Waals surface area (Å²) in [6, 6.07) is 5.66. The molecular weight excluding hydrogens is 259 g/mol. The van der Waals surface area contributed by atoms with Crippen molar-refractivity contribution in [2.24, 2.45) is 0 Å². The van der Waals surface area contributed by atoms with Gasteiger partial charge < -0.3 is 10.2 Å². The first-order chi connectivity index (χ1) is 9.51. The summed E-state index contributed by atoms with van der Waals surface area (Å²) in [7, 11) is 1.52. The van der Waals surface area contributed by atoms with Crippen LogP contribution in [0.1, 0.15) is 32.3 Å². The second-order valence-electron chi connectivity index (χ2n) is 4.65. The normalized spacial score (nSPS) is 11.8. The van der Waals surface area contributed by atoms with Crippen molar-refractivity contribution in [1.29, 1.82) is 0 Å². The number of nitrogens with one attached hydrogen (secondary N) is 1. The van der Waals surface area contributed by atoms with E-state index in [-0.39, 0.29) is 24.2 Å². The van der Waals surface area contributed by atoms with E-state index in [1.54, 1.807) is 25.1 Å². The minimum Gasteiger partial charge on any atom is -0.357 e. The molecule has 0 saturated heterocycles. The lowest BCUT2D eigenvalue weighted by Gasteiger charge is -2.28. The second-order valence-corrected chi connectivity index (χ2v) is 4.65. The van der Waals surface area contributed by atoms with Crippen molar-refractivity contribution in [1.82, 2.24) is 10.2 Å². The van der Waals surface area contributed by atoms with Gasteiger partial charge in [0, 0.05) is 25.6 Å². The fourth-order valence-corrected chi connectivity index (χ4v) is 1.96. The molecule has 0 saturated carbocycles. The third-order valence-corrected chi connectivity index (χ3v) is 3.18. The number of benzene rings is 1. The van der Waals surface area contributed by atoms with E-state index in [0.29, 0.717) is 18.4 Å². The molecule has 2 amide bonds. The van der Waals surface area contributed by atoms with Crippen LogP contribution in [0.5, 0.6) is 0 Å². The summed E-state index contributed by atoms with van der Waals surface area (Å²) in [5.41, 5.74) is 0.410. The number of hydrogen-bond acceptors (Lipinski definition) is 2. The first-order valence-electron chi connectivity index (χ1n) is 6.75. The lowest BCUT2D eigenvalue weighted by atomic mass is 10.1. The summed E-state index contributed by atoms with van der Waals surface area (Å²) in [6.07, 6.45) is 1.03. The molecule has 5 heteroatoms. The van der Waals surface area contributed by atoms with Crippen LogP contribution in [0.2, 0.25) is 0 Å². The Hall–Kier alpha value is -1.91. The van der Waals surface area contributed by atoms with Crippen LogP contribution in [0.15, 0.2) is 24.3 Å². The highest BCUT2D eigenvalue weighted by Crippen LogP contribution is 2.14. The van der Waals surface area contributed by atoms with E-state index in [0.717, 1.165) is 0 Å². The van der Waals surface area contributed by atoms with Crippen LogP contribution >= 0.6 is 0 Å². The maximum atomic E-state index is 13.7. The lowest BCUT2D eigenvalue weighted by Crippen LogP contribution is -2.46. The third-order valence-electron chi connectivity index (χ3n) is 3.18. The quantitative estimate of drug-likeness (QED) is 0.867. The summed E-state index contributed by atoms with van der Waals surface area (Å²) in [5, 5.41) is 2.52. The van der Waals surface area contributed by atoms with Crippen molar-refractivity contribution < 1.29 is 14.0 Å². The first-order valence-corrected chi connectivity index (χ1v) is 6.75. The Balaban J connectivity index is 2.96. The maximum Gasteiger partial charge on any atom is 0.242 e. The predicted octanol–water partition coefficient (Wildman–Crippen LogP) is 2.09. The van der Waals surface area contributed by atoms with Gasteiger partial charge in [0.25, 0.3) is 0 Å². The minimum atomic E-state index is -0.626. The standard InChI is InChI=1S/C15H21FN2O2/c1-4-7-14(19)18(11(2)15(20)17-3)10-12-8-5-6-9-13(12)16/h5-6,8-9,11H,4,7,10H2,1-3H3,(H,17,20)/t11-/m1/s1. The number of rotatable bonds is 6. The fourth-order valence-electron chi connectivity index (χ4n) is 1.96. The topological polar surface area (TPSA) is 49.4 Å². The number of hydrogen-bond donors (Lipinski definition) is 1. The molecule has 110 valence electrons. The zero-order chi connectivity index (χ0) is 15.1. The molecule has 1 rings (SSSR count). The molecule has 20 heavy (non-hydrogen) atoms. The van der Waals surface area contributed by atoms with Crippen LogP contribution in [0.3, 0.4) is 0 Å². The van der Waals surface area contributed by atoms with Crippen molar-refractivity contribution in [3.8, 4) is 0 Å². The first kappa shape index (κ1) is 16.1. The zero-order valence-corrected chi connectivity index (χ0v) is 12.1. The van der Waals surface area contributed by atoms with Gasteiger partial charge >= 0.3 is 0 Å². The third kappa shape index (κ3) is 4.05. The molecule has 0 radical (unpaired) electrons.